The van der Waals surface area contributed by atoms with Crippen molar-refractivity contribution in [2.75, 3.05) is 18.8 Å². The summed E-state index contributed by atoms with van der Waals surface area (Å²) in [6.45, 7) is -0.175. The molecular weight excluding hydrogens is 560 g/mol. The molecule has 1 aromatic carbocycles. The van der Waals surface area contributed by atoms with E-state index in [9.17, 15) is 45.4 Å². The fourth-order valence-electron chi connectivity index (χ4n) is 4.36. The molecule has 0 spiro atoms. The minimum atomic E-state index is -5.36. The number of carbonyl (C=O) groups is 2. The Bertz CT molecular complexity index is 1500. The molecule has 4 N–H and O–H groups in total. The highest BCUT2D eigenvalue weighted by atomic mass is 19.4. The number of nitrogen functional groups attached to an aromatic ring is 1. The van der Waals surface area contributed by atoms with E-state index >= 15 is 4.39 Å². The third-order valence-electron chi connectivity index (χ3n) is 6.56. The monoisotopic (exact) mass is 580 g/mol. The van der Waals surface area contributed by atoms with Gasteiger partial charge in [0.2, 0.25) is 5.60 Å². The smallest absolute Gasteiger partial charge is 0.382 e. The molecule has 2 amide bonds. The molecule has 0 radical (unpaired) electrons. The van der Waals surface area contributed by atoms with Gasteiger partial charge in [0.15, 0.2) is 5.82 Å². The first-order chi connectivity index (χ1) is 18.4. The maximum atomic E-state index is 15.7. The highest BCUT2D eigenvalue weighted by Crippen LogP contribution is 2.40. The van der Waals surface area contributed by atoms with Crippen molar-refractivity contribution < 1.29 is 49.8 Å². The number of nitrogens with zero attached hydrogens (tertiary/aromatic N) is 4. The van der Waals surface area contributed by atoms with Crippen LogP contribution in [0.3, 0.4) is 0 Å². The van der Waals surface area contributed by atoms with Gasteiger partial charge in [-0.2, -0.15) is 31.4 Å². The van der Waals surface area contributed by atoms with E-state index in [1.807, 2.05) is 0 Å². The van der Waals surface area contributed by atoms with Crippen LogP contribution in [-0.2, 0) is 11.0 Å². The first kappa shape index (κ1) is 29.0. The van der Waals surface area contributed by atoms with Crippen molar-refractivity contribution in [3.05, 3.63) is 47.0 Å². The summed E-state index contributed by atoms with van der Waals surface area (Å²) >= 11 is 0. The molecule has 2 aromatic heterocycles. The lowest BCUT2D eigenvalue weighted by atomic mass is 10.0. The summed E-state index contributed by atoms with van der Waals surface area (Å²) in [5.74, 6) is -4.93. The highest BCUT2D eigenvalue weighted by molar-refractivity contribution is 5.98. The number of aliphatic hydroxyl groups is 1. The third-order valence-corrected chi connectivity index (χ3v) is 6.56. The van der Waals surface area contributed by atoms with Gasteiger partial charge in [-0.25, -0.2) is 18.3 Å². The number of benzene rings is 1. The van der Waals surface area contributed by atoms with E-state index in [-0.39, 0.29) is 12.5 Å². The van der Waals surface area contributed by atoms with Crippen molar-refractivity contribution in [3.8, 4) is 11.3 Å². The minimum Gasteiger partial charge on any atom is -0.382 e. The number of aromatic nitrogens is 3. The predicted molar refractivity (Wildman–Crippen MR) is 122 cm³/mol. The molecule has 1 saturated heterocycles. The zero-order valence-electron chi connectivity index (χ0n) is 20.5. The molecule has 9 nitrogen and oxygen atoms in total. The normalized spacial score (nSPS) is 19.6. The number of likely N-dealkylation sites (tertiary alicyclic amines) is 1. The Morgan fingerprint density at radius 3 is 2.40 bits per heavy atom. The lowest BCUT2D eigenvalue weighted by Gasteiger charge is -2.29. The van der Waals surface area contributed by atoms with Crippen LogP contribution in [0.25, 0.3) is 16.8 Å². The van der Waals surface area contributed by atoms with Crippen LogP contribution in [-0.4, -0.2) is 73.5 Å². The zero-order chi connectivity index (χ0) is 29.9. The van der Waals surface area contributed by atoms with Gasteiger partial charge < -0.3 is 21.1 Å². The van der Waals surface area contributed by atoms with Gasteiger partial charge in [-0.15, -0.1) is 0 Å². The second-order valence-corrected chi connectivity index (χ2v) is 9.34. The number of anilines is 1. The average Bonchev–Trinajstić information content (AvgIpc) is 3.39. The van der Waals surface area contributed by atoms with E-state index in [1.165, 1.54) is 13.0 Å². The summed E-state index contributed by atoms with van der Waals surface area (Å²) in [6.07, 6.45) is -11.5. The molecule has 3 atom stereocenters. The summed E-state index contributed by atoms with van der Waals surface area (Å²) in [5, 5.41) is 15.4. The lowest BCUT2D eigenvalue weighted by molar-refractivity contribution is -0.249. The Hall–Kier alpha value is -4.02. The van der Waals surface area contributed by atoms with Crippen molar-refractivity contribution in [3.63, 3.8) is 0 Å². The van der Waals surface area contributed by atoms with Gasteiger partial charge in [0, 0.05) is 12.1 Å². The predicted octanol–water partition coefficient (Wildman–Crippen LogP) is 3.04. The Balaban J connectivity index is 1.67. The van der Waals surface area contributed by atoms with E-state index in [1.54, 1.807) is 0 Å². The van der Waals surface area contributed by atoms with E-state index in [0.29, 0.717) is 15.5 Å². The molecular formula is C23H20F8N6O3. The van der Waals surface area contributed by atoms with Gasteiger partial charge in [-0.1, -0.05) is 6.07 Å². The molecule has 0 aliphatic carbocycles. The Morgan fingerprint density at radius 1 is 1.15 bits per heavy atom. The standard InChI is InChI=1S/C23H20F8N6O3/c1-9-3-4-10(14-5-11(22(26,27)28)17-18(32)33-8-34-37(14)17)16(25)15(9)19(38)35-13-7-36(6-12(13)24)20(39)21(2,40)23(29,30)31/h3-5,8,12-13,40H,6-7H2,1-2H3,(H,35,38)(H2,32,33,34)/t12-,13+,21+/m0/s1. The Labute approximate surface area is 219 Å². The summed E-state index contributed by atoms with van der Waals surface area (Å²) in [4.78, 5) is 29.1. The van der Waals surface area contributed by atoms with Crippen LogP contribution in [0.15, 0.2) is 24.5 Å². The summed E-state index contributed by atoms with van der Waals surface area (Å²) in [7, 11) is 0. The molecule has 0 saturated carbocycles. The number of nitrogens with one attached hydrogen (secondary N) is 1. The lowest BCUT2D eigenvalue weighted by Crippen LogP contribution is -2.56. The number of alkyl halides is 7. The van der Waals surface area contributed by atoms with Gasteiger partial charge in [0.1, 0.15) is 23.8 Å². The number of rotatable bonds is 4. The van der Waals surface area contributed by atoms with Gasteiger partial charge >= 0.3 is 12.4 Å². The molecule has 0 bridgehead atoms. The number of hydrogen-bond acceptors (Lipinski definition) is 6. The van der Waals surface area contributed by atoms with Crippen molar-refractivity contribution in [1.82, 2.24) is 24.8 Å². The zero-order valence-corrected chi connectivity index (χ0v) is 20.5. The molecule has 17 heteroatoms. The van der Waals surface area contributed by atoms with Gasteiger partial charge in [0.05, 0.1) is 29.4 Å². The Kier molecular flexibility index (Phi) is 6.93. The second-order valence-electron chi connectivity index (χ2n) is 9.34. The van der Waals surface area contributed by atoms with Crippen LogP contribution in [0.5, 0.6) is 0 Å². The van der Waals surface area contributed by atoms with Gasteiger partial charge in [-0.05, 0) is 31.5 Å². The molecule has 1 aliphatic heterocycles. The third kappa shape index (κ3) is 4.77. The number of hydrogen-bond donors (Lipinski definition) is 3. The van der Waals surface area contributed by atoms with E-state index < -0.39 is 94.6 Å². The maximum absolute atomic E-state index is 15.7. The largest absolute Gasteiger partial charge is 0.426 e. The van der Waals surface area contributed by atoms with Crippen LogP contribution in [0.4, 0.5) is 40.9 Å². The average molecular weight is 580 g/mol. The van der Waals surface area contributed by atoms with Crippen LogP contribution >= 0.6 is 0 Å². The fraction of sp³-hybridized carbons (Fsp3) is 0.391. The van der Waals surface area contributed by atoms with E-state index in [4.69, 9.17) is 5.73 Å². The van der Waals surface area contributed by atoms with E-state index in [2.05, 4.69) is 15.4 Å². The molecule has 1 aliphatic rings. The highest BCUT2D eigenvalue weighted by Gasteiger charge is 2.58. The van der Waals surface area contributed by atoms with E-state index in [0.717, 1.165) is 12.4 Å². The van der Waals surface area contributed by atoms with Gasteiger partial charge in [0.25, 0.3) is 11.8 Å². The number of amides is 2. The Morgan fingerprint density at radius 2 is 1.80 bits per heavy atom. The van der Waals surface area contributed by atoms with Crippen LogP contribution in [0.2, 0.25) is 0 Å². The van der Waals surface area contributed by atoms with Crippen molar-refractivity contribution in [1.29, 1.82) is 0 Å². The number of halogens is 8. The van der Waals surface area contributed by atoms with Crippen molar-refractivity contribution in [2.24, 2.45) is 0 Å². The fourth-order valence-corrected chi connectivity index (χ4v) is 4.36. The SMILES string of the molecule is Cc1ccc(-c2cc(C(F)(F)F)c3c(N)ncnn23)c(F)c1C(=O)N[C@@H]1CN(C(=O)[C@@](C)(O)C(F)(F)F)C[C@@H]1F. The minimum absolute atomic E-state index is 0.00820. The summed E-state index contributed by atoms with van der Waals surface area (Å²) in [5.41, 5.74) is -1.76. The molecule has 40 heavy (non-hydrogen) atoms. The van der Waals surface area contributed by atoms with Gasteiger partial charge in [-0.3, -0.25) is 9.59 Å². The van der Waals surface area contributed by atoms with Crippen LogP contribution < -0.4 is 11.1 Å². The van der Waals surface area contributed by atoms with Crippen LogP contribution in [0.1, 0.15) is 28.4 Å². The molecule has 1 fully saturated rings. The number of aryl methyl sites for hydroxylation is 1. The number of nitrogens with two attached hydrogens (primary N) is 1. The van der Waals surface area contributed by atoms with Crippen LogP contribution in [0, 0.1) is 12.7 Å². The topological polar surface area (TPSA) is 126 Å². The quantitative estimate of drug-likeness (QED) is 0.408. The summed E-state index contributed by atoms with van der Waals surface area (Å²) < 4.78 is 111. The molecule has 216 valence electrons. The molecule has 4 rings (SSSR count). The molecule has 3 heterocycles. The van der Waals surface area contributed by atoms with Crippen molar-refractivity contribution >= 4 is 23.1 Å². The van der Waals surface area contributed by atoms with Crippen molar-refractivity contribution in [2.45, 2.75) is 44.0 Å². The maximum Gasteiger partial charge on any atom is 0.426 e. The molecule has 0 unspecified atom stereocenters. The summed E-state index contributed by atoms with van der Waals surface area (Å²) in [6, 6.07) is 1.29. The first-order valence-electron chi connectivity index (χ1n) is 11.4. The molecule has 3 aromatic rings. The second kappa shape index (κ2) is 9.57. The number of carbonyl (C=O) groups excluding carboxylic acids is 2. The number of fused-ring (bicyclic) bond motifs is 1. The first-order valence-corrected chi connectivity index (χ1v) is 11.4.